The maximum Gasteiger partial charge on any atom is 0.179 e. The highest BCUT2D eigenvalue weighted by atomic mass is 28.3. The summed E-state index contributed by atoms with van der Waals surface area (Å²) in [6, 6.07) is 147. The van der Waals surface area contributed by atoms with Crippen molar-refractivity contribution < 1.29 is 8.83 Å². The van der Waals surface area contributed by atoms with E-state index in [2.05, 4.69) is 411 Å². The van der Waals surface area contributed by atoms with Crippen molar-refractivity contribution in [3.63, 3.8) is 0 Å². The maximum atomic E-state index is 7.57. The number of hydrogen-bond donors (Lipinski definition) is 0. The number of aryl methyl sites for hydroxylation is 1. The summed E-state index contributed by atoms with van der Waals surface area (Å²) in [5, 5.41) is 16.5. The Morgan fingerprint density at radius 2 is 0.688 bits per heavy atom. The van der Waals surface area contributed by atoms with Crippen LogP contribution in [0.2, 0.25) is 0 Å². The number of benzene rings is 18. The monoisotopic (exact) mass is 1400 g/mol. The molecule has 0 radical (unpaired) electrons. The highest BCUT2D eigenvalue weighted by Crippen LogP contribution is 2.66. The lowest BCUT2D eigenvalue weighted by Gasteiger charge is -2.34. The van der Waals surface area contributed by atoms with Crippen LogP contribution in [0.15, 0.2) is 403 Å². The minimum absolute atomic E-state index is 0.804. The van der Waals surface area contributed by atoms with E-state index in [1.165, 1.54) is 81.6 Å². The molecule has 0 fully saturated rings. The number of hydrogen-bond acceptors (Lipinski definition) is 4. The second-order valence-corrected chi connectivity index (χ2v) is 33.1. The van der Waals surface area contributed by atoms with E-state index in [0.29, 0.717) is 0 Å². The molecule has 20 aromatic rings. The van der Waals surface area contributed by atoms with Gasteiger partial charge < -0.3 is 18.6 Å². The SMILES string of the molecule is Cc1cccc(-c2ccc(N(c3ccc4c(c3)C3(c5ccccc5-c5ccccc53)c3cc(N(c5ccc6ccccc6c5)c5ccc(-c6cccc([Si](c7ccccc7)(c7ccccc7)c7ccccc7)c6)c6c5oc5ccccc56)c5ccccc5c3-4)c3ccc4ccccc4c3)c3oc4ccccc4c23)c1. The second-order valence-electron chi connectivity index (χ2n) is 29.3. The van der Waals surface area contributed by atoms with Gasteiger partial charge in [-0.2, -0.15) is 0 Å². The Labute approximate surface area is 632 Å². The van der Waals surface area contributed by atoms with Gasteiger partial charge in [-0.25, -0.2) is 0 Å². The lowest BCUT2D eigenvalue weighted by Crippen LogP contribution is -2.74. The van der Waals surface area contributed by atoms with Gasteiger partial charge >= 0.3 is 0 Å². The third kappa shape index (κ3) is 9.37. The summed E-state index contributed by atoms with van der Waals surface area (Å²) in [4.78, 5) is 4.98. The first-order valence-corrected chi connectivity index (χ1v) is 39.7. The molecule has 4 nitrogen and oxygen atoms in total. The van der Waals surface area contributed by atoms with Crippen LogP contribution in [0.3, 0.4) is 0 Å². The third-order valence-corrected chi connectivity index (χ3v) is 28.4. The average Bonchev–Trinajstić information content (AvgIpc) is 1.50. The number of anilines is 6. The van der Waals surface area contributed by atoms with E-state index in [1.54, 1.807) is 0 Å². The van der Waals surface area contributed by atoms with Crippen LogP contribution in [0.25, 0.3) is 121 Å². The summed E-state index contributed by atoms with van der Waals surface area (Å²) < 4.78 is 14.9. The predicted octanol–water partition coefficient (Wildman–Crippen LogP) is 25.2. The Kier molecular flexibility index (Phi) is 14.1. The molecule has 2 aromatic heterocycles. The van der Waals surface area contributed by atoms with Gasteiger partial charge in [0.25, 0.3) is 0 Å². The molecular weight excluding hydrogens is 1340 g/mol. The Balaban J connectivity index is 0.803. The lowest BCUT2D eigenvalue weighted by molar-refractivity contribution is 0.669. The highest BCUT2D eigenvalue weighted by Gasteiger charge is 2.53. The lowest BCUT2D eigenvalue weighted by atomic mass is 9.70. The zero-order valence-electron chi connectivity index (χ0n) is 59.7. The van der Waals surface area contributed by atoms with Gasteiger partial charge in [-0.15, -0.1) is 0 Å². The van der Waals surface area contributed by atoms with E-state index in [4.69, 9.17) is 8.83 Å². The molecule has 18 aromatic carbocycles. The number of para-hydroxylation sites is 2. The van der Waals surface area contributed by atoms with E-state index >= 15 is 0 Å². The van der Waals surface area contributed by atoms with Crippen molar-refractivity contribution in [1.82, 2.24) is 0 Å². The van der Waals surface area contributed by atoms with Crippen LogP contribution < -0.4 is 30.5 Å². The Hall–Kier alpha value is -13.8. The molecule has 0 N–H and O–H groups in total. The Bertz CT molecular complexity index is 6950. The van der Waals surface area contributed by atoms with Crippen LogP contribution in [0.4, 0.5) is 34.1 Å². The summed E-state index contributed by atoms with van der Waals surface area (Å²) in [5.74, 6) is 0. The molecule has 1 spiro atoms. The van der Waals surface area contributed by atoms with E-state index in [1.807, 2.05) is 0 Å². The summed E-state index contributed by atoms with van der Waals surface area (Å²) in [6.45, 7) is 2.17. The largest absolute Gasteiger partial charge is 0.454 e. The predicted molar refractivity (Wildman–Crippen MR) is 458 cm³/mol. The zero-order chi connectivity index (χ0) is 71.9. The molecule has 0 bridgehead atoms. The van der Waals surface area contributed by atoms with Gasteiger partial charge in [0.15, 0.2) is 19.2 Å². The van der Waals surface area contributed by atoms with E-state index in [9.17, 15) is 0 Å². The number of rotatable bonds is 12. The molecule has 0 saturated carbocycles. The quantitative estimate of drug-likeness (QED) is 0.0901. The van der Waals surface area contributed by atoms with E-state index in [0.717, 1.165) is 122 Å². The fourth-order valence-corrected chi connectivity index (χ4v) is 23.8. The molecule has 2 aliphatic rings. The zero-order valence-corrected chi connectivity index (χ0v) is 60.7. The molecular formula is C104H68N2O2Si. The number of nitrogens with zero attached hydrogens (tertiary/aromatic N) is 2. The average molecular weight is 1410 g/mol. The fourth-order valence-electron chi connectivity index (χ4n) is 19.0. The highest BCUT2D eigenvalue weighted by molar-refractivity contribution is 7.20. The van der Waals surface area contributed by atoms with Crippen LogP contribution in [0.5, 0.6) is 0 Å². The van der Waals surface area contributed by atoms with Gasteiger partial charge in [0.1, 0.15) is 11.2 Å². The van der Waals surface area contributed by atoms with Gasteiger partial charge in [0.2, 0.25) is 0 Å². The van der Waals surface area contributed by atoms with Gasteiger partial charge in [-0.1, -0.05) is 333 Å². The smallest absolute Gasteiger partial charge is 0.179 e. The van der Waals surface area contributed by atoms with Crippen molar-refractivity contribution in [1.29, 1.82) is 0 Å². The molecule has 109 heavy (non-hydrogen) atoms. The minimum atomic E-state index is -2.94. The summed E-state index contributed by atoms with van der Waals surface area (Å²) in [7, 11) is -2.94. The van der Waals surface area contributed by atoms with Crippen molar-refractivity contribution in [3.05, 3.63) is 422 Å². The van der Waals surface area contributed by atoms with Gasteiger partial charge in [-0.3, -0.25) is 0 Å². The molecule has 0 aliphatic heterocycles. The normalized spacial score (nSPS) is 12.7. The summed E-state index contributed by atoms with van der Waals surface area (Å²) >= 11 is 0. The molecule has 2 heterocycles. The molecule has 0 unspecified atom stereocenters. The van der Waals surface area contributed by atoms with E-state index in [-0.39, 0.29) is 0 Å². The maximum absolute atomic E-state index is 7.57. The van der Waals surface area contributed by atoms with Crippen LogP contribution in [-0.4, -0.2) is 8.07 Å². The van der Waals surface area contributed by atoms with Crippen molar-refractivity contribution in [2.75, 3.05) is 9.80 Å². The topological polar surface area (TPSA) is 32.8 Å². The Morgan fingerprint density at radius 1 is 0.257 bits per heavy atom. The van der Waals surface area contributed by atoms with Crippen LogP contribution >= 0.6 is 0 Å². The minimum Gasteiger partial charge on any atom is -0.454 e. The van der Waals surface area contributed by atoms with Gasteiger partial charge in [0.05, 0.1) is 22.5 Å². The number of fused-ring (bicyclic) bond motifs is 20. The Morgan fingerprint density at radius 3 is 1.26 bits per heavy atom. The summed E-state index contributed by atoms with van der Waals surface area (Å²) in [5.41, 5.74) is 24.0. The first kappa shape index (κ1) is 62.5. The van der Waals surface area contributed by atoms with Crippen LogP contribution in [0, 0.1) is 6.92 Å². The van der Waals surface area contributed by atoms with Crippen molar-refractivity contribution in [2.24, 2.45) is 0 Å². The molecule has 0 atom stereocenters. The summed E-state index contributed by atoms with van der Waals surface area (Å²) in [6.07, 6.45) is 0. The molecule has 5 heteroatoms. The fraction of sp³-hybridized carbons (Fsp3) is 0.0192. The molecule has 0 saturated heterocycles. The second kappa shape index (κ2) is 24.6. The van der Waals surface area contributed by atoms with E-state index < -0.39 is 13.5 Å². The molecule has 510 valence electrons. The van der Waals surface area contributed by atoms with Gasteiger partial charge in [-0.05, 0) is 188 Å². The third-order valence-electron chi connectivity index (χ3n) is 23.6. The van der Waals surface area contributed by atoms with Crippen molar-refractivity contribution in [3.8, 4) is 44.5 Å². The van der Waals surface area contributed by atoms with Crippen LogP contribution in [0.1, 0.15) is 27.8 Å². The number of furan rings is 2. The first-order chi connectivity index (χ1) is 54.0. The molecule has 0 amide bonds. The van der Waals surface area contributed by atoms with Crippen molar-refractivity contribution in [2.45, 2.75) is 12.3 Å². The van der Waals surface area contributed by atoms with Crippen molar-refractivity contribution >= 4 is 139 Å². The standard InChI is InChI=1S/C104H68N2O2Si/c1-67-27-25-32-72(61-67)81-57-59-94(102-100(81)88-45-19-23-49-97(88)107-102)105(74-53-51-68-28-11-13-30-70(68)62-74)76-55-56-87-92(65-76)104(90-47-21-17-41-83(90)84-42-18-22-48-91(84)104)93-66-96(85-43-15-16-44-86(85)99(87)93)106(75-54-52-69-29-12-14-31-71(69)63-75)95-60-58-82(101-89-46-20-24-50-98(89)108-103(95)101)73-33-26-40-80(64-73)109(77-34-5-2-6-35-77,78-36-7-3-8-37-78)79-38-9-4-10-39-79/h2-66H,1H3. The molecule has 22 rings (SSSR count). The van der Waals surface area contributed by atoms with Gasteiger partial charge in [0, 0.05) is 44.0 Å². The van der Waals surface area contributed by atoms with Crippen LogP contribution in [-0.2, 0) is 5.41 Å². The first-order valence-electron chi connectivity index (χ1n) is 37.7. The molecule has 2 aliphatic carbocycles.